The van der Waals surface area contributed by atoms with Crippen molar-refractivity contribution in [3.8, 4) is 0 Å². The van der Waals surface area contributed by atoms with E-state index in [0.29, 0.717) is 16.4 Å². The molecule has 0 bridgehead atoms. The van der Waals surface area contributed by atoms with Crippen LogP contribution in [0.4, 0.5) is 11.5 Å². The molecule has 0 atom stereocenters. The van der Waals surface area contributed by atoms with E-state index in [-0.39, 0.29) is 5.91 Å². The fourth-order valence-corrected chi connectivity index (χ4v) is 1.66. The van der Waals surface area contributed by atoms with Gasteiger partial charge in [-0.05, 0) is 18.2 Å². The van der Waals surface area contributed by atoms with Crippen LogP contribution in [0.15, 0.2) is 42.6 Å². The van der Waals surface area contributed by atoms with Crippen LogP contribution in [0.1, 0.15) is 10.4 Å². The number of pyridine rings is 1. The van der Waals surface area contributed by atoms with Crippen LogP contribution >= 0.6 is 11.6 Å². The van der Waals surface area contributed by atoms with E-state index in [0.717, 1.165) is 5.69 Å². The first-order chi connectivity index (χ1) is 8.70. The molecule has 0 saturated carbocycles. The molecule has 0 aliphatic carbocycles. The predicted molar refractivity (Wildman–Crippen MR) is 73.2 cm³/mol. The summed E-state index contributed by atoms with van der Waals surface area (Å²) in [4.78, 5) is 16.1. The molecule has 0 radical (unpaired) electrons. The largest absolute Gasteiger partial charge is 0.373 e. The highest BCUT2D eigenvalue weighted by atomic mass is 35.5. The zero-order valence-corrected chi connectivity index (χ0v) is 10.5. The number of nitrogens with one attached hydrogen (secondary N) is 2. The van der Waals surface area contributed by atoms with Gasteiger partial charge in [0.15, 0.2) is 0 Å². The molecule has 2 rings (SSSR count). The minimum absolute atomic E-state index is 0.259. The summed E-state index contributed by atoms with van der Waals surface area (Å²) < 4.78 is 0. The summed E-state index contributed by atoms with van der Waals surface area (Å²) in [5.74, 6) is 0.336. The Kier molecular flexibility index (Phi) is 3.79. The van der Waals surface area contributed by atoms with Crippen molar-refractivity contribution in [2.75, 3.05) is 17.7 Å². The Balaban J connectivity index is 2.23. The molecule has 4 nitrogen and oxygen atoms in total. The second-order valence-electron chi connectivity index (χ2n) is 3.62. The third kappa shape index (κ3) is 2.78. The number of para-hydroxylation sites is 1. The Morgan fingerprint density at radius 1 is 1.28 bits per heavy atom. The van der Waals surface area contributed by atoms with Crippen molar-refractivity contribution >= 4 is 29.0 Å². The topological polar surface area (TPSA) is 54.0 Å². The number of benzene rings is 1. The first-order valence-electron chi connectivity index (χ1n) is 5.40. The lowest BCUT2D eigenvalue weighted by Crippen LogP contribution is -2.13. The molecule has 0 saturated heterocycles. The zero-order chi connectivity index (χ0) is 13.0. The maximum Gasteiger partial charge on any atom is 0.257 e. The van der Waals surface area contributed by atoms with E-state index in [2.05, 4.69) is 15.6 Å². The molecule has 0 unspecified atom stereocenters. The number of amides is 1. The van der Waals surface area contributed by atoms with Gasteiger partial charge in [0.05, 0.1) is 10.6 Å². The van der Waals surface area contributed by atoms with E-state index < -0.39 is 0 Å². The molecule has 1 amide bonds. The lowest BCUT2D eigenvalue weighted by Gasteiger charge is -2.08. The summed E-state index contributed by atoms with van der Waals surface area (Å²) in [7, 11) is 1.73. The van der Waals surface area contributed by atoms with E-state index >= 15 is 0 Å². The van der Waals surface area contributed by atoms with Crippen molar-refractivity contribution < 1.29 is 4.79 Å². The maximum atomic E-state index is 12.1. The van der Waals surface area contributed by atoms with Gasteiger partial charge in [-0.2, -0.15) is 0 Å². The highest BCUT2D eigenvalue weighted by molar-refractivity contribution is 6.34. The van der Waals surface area contributed by atoms with Gasteiger partial charge in [0, 0.05) is 18.9 Å². The van der Waals surface area contributed by atoms with Crippen molar-refractivity contribution in [2.24, 2.45) is 0 Å². The SMILES string of the molecule is CNc1cc(C(=O)Nc2ccccc2)c(Cl)cn1. The van der Waals surface area contributed by atoms with Crippen LogP contribution in [0, 0.1) is 0 Å². The number of anilines is 2. The highest BCUT2D eigenvalue weighted by Gasteiger charge is 2.11. The van der Waals surface area contributed by atoms with Gasteiger partial charge in [0.2, 0.25) is 0 Å². The van der Waals surface area contributed by atoms with Crippen LogP contribution in [0.5, 0.6) is 0 Å². The minimum atomic E-state index is -0.259. The van der Waals surface area contributed by atoms with Crippen LogP contribution in [-0.4, -0.2) is 17.9 Å². The lowest BCUT2D eigenvalue weighted by atomic mass is 10.2. The average molecular weight is 262 g/mol. The molecule has 1 heterocycles. The van der Waals surface area contributed by atoms with Crippen molar-refractivity contribution in [3.63, 3.8) is 0 Å². The van der Waals surface area contributed by atoms with Crippen LogP contribution in [-0.2, 0) is 0 Å². The second-order valence-corrected chi connectivity index (χ2v) is 4.03. The Labute approximate surface area is 110 Å². The van der Waals surface area contributed by atoms with Crippen LogP contribution in [0.3, 0.4) is 0 Å². The molecule has 2 N–H and O–H groups in total. The average Bonchev–Trinajstić information content (AvgIpc) is 2.40. The third-order valence-corrected chi connectivity index (χ3v) is 2.69. The van der Waals surface area contributed by atoms with Gasteiger partial charge < -0.3 is 10.6 Å². The van der Waals surface area contributed by atoms with E-state index in [9.17, 15) is 4.79 Å². The number of carbonyl (C=O) groups excluding carboxylic acids is 1. The standard InChI is InChI=1S/C13H12ClN3O/c1-15-12-7-10(11(14)8-16-12)13(18)17-9-5-3-2-4-6-9/h2-8H,1H3,(H,15,16)(H,17,18). The van der Waals surface area contributed by atoms with Crippen molar-refractivity contribution in [3.05, 3.63) is 53.2 Å². The fraction of sp³-hybridized carbons (Fsp3) is 0.0769. The highest BCUT2D eigenvalue weighted by Crippen LogP contribution is 2.19. The first kappa shape index (κ1) is 12.4. The third-order valence-electron chi connectivity index (χ3n) is 2.39. The van der Waals surface area contributed by atoms with E-state index in [1.807, 2.05) is 30.3 Å². The molecule has 0 aliphatic heterocycles. The summed E-state index contributed by atoms with van der Waals surface area (Å²) in [5, 5.41) is 5.96. The molecule has 0 spiro atoms. The number of halogens is 1. The van der Waals surface area contributed by atoms with Gasteiger partial charge in [0.25, 0.3) is 5.91 Å². The number of hydrogen-bond acceptors (Lipinski definition) is 3. The molecule has 2 aromatic rings. The van der Waals surface area contributed by atoms with E-state index in [4.69, 9.17) is 11.6 Å². The van der Waals surface area contributed by atoms with Gasteiger partial charge in [-0.15, -0.1) is 0 Å². The molecule has 5 heteroatoms. The summed E-state index contributed by atoms with van der Waals surface area (Å²) >= 11 is 5.96. The summed E-state index contributed by atoms with van der Waals surface area (Å²) in [6.45, 7) is 0. The predicted octanol–water partition coefficient (Wildman–Crippen LogP) is 3.03. The zero-order valence-electron chi connectivity index (χ0n) is 9.77. The Bertz CT molecular complexity index is 557. The Morgan fingerprint density at radius 2 is 2.00 bits per heavy atom. The molecule has 0 aliphatic rings. The Hall–Kier alpha value is -2.07. The first-order valence-corrected chi connectivity index (χ1v) is 5.78. The molecular formula is C13H12ClN3O. The van der Waals surface area contributed by atoms with Gasteiger partial charge in [-0.3, -0.25) is 4.79 Å². The van der Waals surface area contributed by atoms with Gasteiger partial charge in [0.1, 0.15) is 5.82 Å². The summed E-state index contributed by atoms with van der Waals surface area (Å²) in [6, 6.07) is 10.8. The minimum Gasteiger partial charge on any atom is -0.373 e. The number of hydrogen-bond donors (Lipinski definition) is 2. The molecule has 18 heavy (non-hydrogen) atoms. The van der Waals surface area contributed by atoms with Crippen LogP contribution < -0.4 is 10.6 Å². The maximum absolute atomic E-state index is 12.1. The summed E-state index contributed by atoms with van der Waals surface area (Å²) in [6.07, 6.45) is 1.45. The lowest BCUT2D eigenvalue weighted by molar-refractivity contribution is 0.102. The molecule has 92 valence electrons. The number of carbonyl (C=O) groups is 1. The van der Waals surface area contributed by atoms with Crippen molar-refractivity contribution in [2.45, 2.75) is 0 Å². The number of nitrogens with zero attached hydrogens (tertiary/aromatic N) is 1. The molecule has 0 fully saturated rings. The quantitative estimate of drug-likeness (QED) is 0.893. The van der Waals surface area contributed by atoms with Crippen molar-refractivity contribution in [1.82, 2.24) is 4.98 Å². The van der Waals surface area contributed by atoms with Crippen LogP contribution in [0.25, 0.3) is 0 Å². The summed E-state index contributed by atoms with van der Waals surface area (Å²) in [5.41, 5.74) is 1.11. The fourth-order valence-electron chi connectivity index (χ4n) is 1.47. The normalized spacial score (nSPS) is 9.89. The van der Waals surface area contributed by atoms with Crippen LogP contribution in [0.2, 0.25) is 5.02 Å². The molecule has 1 aromatic carbocycles. The number of rotatable bonds is 3. The van der Waals surface area contributed by atoms with E-state index in [1.54, 1.807) is 13.1 Å². The second kappa shape index (κ2) is 5.51. The van der Waals surface area contributed by atoms with Gasteiger partial charge in [-0.25, -0.2) is 4.98 Å². The monoisotopic (exact) mass is 261 g/mol. The van der Waals surface area contributed by atoms with Gasteiger partial charge >= 0.3 is 0 Å². The number of aromatic nitrogens is 1. The van der Waals surface area contributed by atoms with Crippen molar-refractivity contribution in [1.29, 1.82) is 0 Å². The Morgan fingerprint density at radius 3 is 2.67 bits per heavy atom. The molecule has 1 aromatic heterocycles. The molecular weight excluding hydrogens is 250 g/mol. The van der Waals surface area contributed by atoms with E-state index in [1.165, 1.54) is 6.20 Å². The van der Waals surface area contributed by atoms with Gasteiger partial charge in [-0.1, -0.05) is 29.8 Å². The smallest absolute Gasteiger partial charge is 0.257 e.